The predicted octanol–water partition coefficient (Wildman–Crippen LogP) is 3.58. The van der Waals surface area contributed by atoms with E-state index in [0.29, 0.717) is 18.8 Å². The first kappa shape index (κ1) is 17.0. The van der Waals surface area contributed by atoms with Crippen LogP contribution in [0.4, 0.5) is 4.79 Å². The predicted molar refractivity (Wildman–Crippen MR) is 102 cm³/mol. The molecule has 0 radical (unpaired) electrons. The minimum atomic E-state index is -0.220. The molecule has 0 bridgehead atoms. The molecule has 0 spiro atoms. The SMILES string of the molecule is COc1ccc2cc(CNC(=O)NCc3ccc4c(c3)OCO4)ccc2c1. The highest BCUT2D eigenvalue weighted by molar-refractivity contribution is 5.84. The lowest BCUT2D eigenvalue weighted by Gasteiger charge is -2.09. The molecule has 0 aliphatic carbocycles. The summed E-state index contributed by atoms with van der Waals surface area (Å²) in [5.74, 6) is 2.27. The van der Waals surface area contributed by atoms with Crippen molar-refractivity contribution in [2.24, 2.45) is 0 Å². The van der Waals surface area contributed by atoms with Crippen LogP contribution < -0.4 is 24.8 Å². The molecule has 2 amide bonds. The molecule has 0 fully saturated rings. The molecule has 0 aromatic heterocycles. The number of hydrogen-bond donors (Lipinski definition) is 2. The molecule has 4 rings (SSSR count). The fourth-order valence-electron chi connectivity index (χ4n) is 2.99. The normalized spacial score (nSPS) is 12.0. The van der Waals surface area contributed by atoms with Gasteiger partial charge < -0.3 is 24.8 Å². The molecule has 0 atom stereocenters. The minimum absolute atomic E-state index is 0.220. The molecule has 138 valence electrons. The lowest BCUT2D eigenvalue weighted by atomic mass is 10.1. The van der Waals surface area contributed by atoms with Crippen LogP contribution in [0.1, 0.15) is 11.1 Å². The zero-order chi connectivity index (χ0) is 18.6. The maximum Gasteiger partial charge on any atom is 0.315 e. The Morgan fingerprint density at radius 2 is 1.56 bits per heavy atom. The van der Waals surface area contributed by atoms with Gasteiger partial charge in [0.05, 0.1) is 7.11 Å². The van der Waals surface area contributed by atoms with E-state index in [0.717, 1.165) is 33.4 Å². The average Bonchev–Trinajstić information content (AvgIpc) is 3.18. The van der Waals surface area contributed by atoms with Gasteiger partial charge in [0, 0.05) is 13.1 Å². The van der Waals surface area contributed by atoms with Crippen molar-refractivity contribution in [3.63, 3.8) is 0 Å². The monoisotopic (exact) mass is 364 g/mol. The van der Waals surface area contributed by atoms with E-state index in [1.165, 1.54) is 0 Å². The molecule has 6 heteroatoms. The standard InChI is InChI=1S/C21H20N2O4/c1-25-18-6-5-16-8-14(2-4-17(16)10-18)11-22-21(24)23-12-15-3-7-19-20(9-15)27-13-26-19/h2-10H,11-13H2,1H3,(H2,22,23,24). The van der Waals surface area contributed by atoms with Crippen LogP contribution in [0.15, 0.2) is 54.6 Å². The Bertz CT molecular complexity index is 987. The molecule has 6 nitrogen and oxygen atoms in total. The van der Waals surface area contributed by atoms with Gasteiger partial charge in [0.1, 0.15) is 5.75 Å². The first-order chi connectivity index (χ1) is 13.2. The van der Waals surface area contributed by atoms with E-state index in [2.05, 4.69) is 16.7 Å². The van der Waals surface area contributed by atoms with E-state index < -0.39 is 0 Å². The third kappa shape index (κ3) is 3.89. The summed E-state index contributed by atoms with van der Waals surface area (Å²) >= 11 is 0. The molecule has 1 aliphatic heterocycles. The molecule has 0 saturated carbocycles. The number of urea groups is 1. The summed E-state index contributed by atoms with van der Waals surface area (Å²) in [5, 5.41) is 7.94. The van der Waals surface area contributed by atoms with Crippen molar-refractivity contribution in [3.8, 4) is 17.2 Å². The van der Waals surface area contributed by atoms with Gasteiger partial charge in [0.25, 0.3) is 0 Å². The summed E-state index contributed by atoms with van der Waals surface area (Å²) in [6, 6.07) is 17.4. The highest BCUT2D eigenvalue weighted by atomic mass is 16.7. The van der Waals surface area contributed by atoms with Gasteiger partial charge in [0.15, 0.2) is 11.5 Å². The third-order valence-electron chi connectivity index (χ3n) is 4.45. The van der Waals surface area contributed by atoms with Crippen molar-refractivity contribution in [3.05, 3.63) is 65.7 Å². The molecule has 0 unspecified atom stereocenters. The van der Waals surface area contributed by atoms with Gasteiger partial charge in [0.2, 0.25) is 6.79 Å². The van der Waals surface area contributed by atoms with Crippen LogP contribution in [0, 0.1) is 0 Å². The van der Waals surface area contributed by atoms with Crippen molar-refractivity contribution < 1.29 is 19.0 Å². The van der Waals surface area contributed by atoms with Crippen LogP contribution in [0.2, 0.25) is 0 Å². The summed E-state index contributed by atoms with van der Waals surface area (Å²) < 4.78 is 15.9. The van der Waals surface area contributed by atoms with Gasteiger partial charge in [-0.15, -0.1) is 0 Å². The number of hydrogen-bond acceptors (Lipinski definition) is 4. The first-order valence-electron chi connectivity index (χ1n) is 8.68. The topological polar surface area (TPSA) is 68.8 Å². The van der Waals surface area contributed by atoms with Crippen LogP contribution in [-0.4, -0.2) is 19.9 Å². The highest BCUT2D eigenvalue weighted by Gasteiger charge is 2.13. The third-order valence-corrected chi connectivity index (χ3v) is 4.45. The second-order valence-corrected chi connectivity index (χ2v) is 6.27. The maximum absolute atomic E-state index is 12.1. The van der Waals surface area contributed by atoms with Crippen molar-refractivity contribution in [2.75, 3.05) is 13.9 Å². The van der Waals surface area contributed by atoms with Crippen molar-refractivity contribution in [2.45, 2.75) is 13.1 Å². The average molecular weight is 364 g/mol. The number of carbonyl (C=O) groups excluding carboxylic acids is 1. The number of ether oxygens (including phenoxy) is 3. The van der Waals surface area contributed by atoms with Gasteiger partial charge in [-0.25, -0.2) is 4.79 Å². The number of amides is 2. The minimum Gasteiger partial charge on any atom is -0.497 e. The number of nitrogens with one attached hydrogen (secondary N) is 2. The van der Waals surface area contributed by atoms with E-state index in [1.54, 1.807) is 7.11 Å². The fraction of sp³-hybridized carbons (Fsp3) is 0.190. The van der Waals surface area contributed by atoms with Crippen LogP contribution in [0.3, 0.4) is 0 Å². The van der Waals surface area contributed by atoms with Crippen LogP contribution in [-0.2, 0) is 13.1 Å². The number of rotatable bonds is 5. The van der Waals surface area contributed by atoms with Crippen LogP contribution >= 0.6 is 0 Å². The van der Waals surface area contributed by atoms with Crippen molar-refractivity contribution in [1.29, 1.82) is 0 Å². The van der Waals surface area contributed by atoms with Gasteiger partial charge in [-0.1, -0.05) is 24.3 Å². The molecule has 1 aliphatic rings. The van der Waals surface area contributed by atoms with E-state index in [9.17, 15) is 4.79 Å². The van der Waals surface area contributed by atoms with Gasteiger partial charge in [-0.2, -0.15) is 0 Å². The summed E-state index contributed by atoms with van der Waals surface area (Å²) in [6.07, 6.45) is 0. The molecule has 2 N–H and O–H groups in total. The van der Waals surface area contributed by atoms with Crippen LogP contribution in [0.5, 0.6) is 17.2 Å². The van der Waals surface area contributed by atoms with Crippen molar-refractivity contribution in [1.82, 2.24) is 10.6 Å². The largest absolute Gasteiger partial charge is 0.497 e. The Morgan fingerprint density at radius 1 is 0.889 bits per heavy atom. The molecule has 0 saturated heterocycles. The van der Waals surface area contributed by atoms with E-state index in [4.69, 9.17) is 14.2 Å². The zero-order valence-electron chi connectivity index (χ0n) is 15.0. The van der Waals surface area contributed by atoms with E-state index >= 15 is 0 Å². The Labute approximate surface area is 157 Å². The Balaban J connectivity index is 1.31. The first-order valence-corrected chi connectivity index (χ1v) is 8.68. The Kier molecular flexibility index (Phi) is 4.70. The summed E-state index contributed by atoms with van der Waals surface area (Å²) in [4.78, 5) is 12.1. The quantitative estimate of drug-likeness (QED) is 0.726. The Morgan fingerprint density at radius 3 is 2.37 bits per heavy atom. The number of benzene rings is 3. The molecular weight excluding hydrogens is 344 g/mol. The van der Waals surface area contributed by atoms with E-state index in [1.807, 2.05) is 48.5 Å². The zero-order valence-corrected chi connectivity index (χ0v) is 15.0. The molecule has 1 heterocycles. The van der Waals surface area contributed by atoms with Gasteiger partial charge in [-0.05, 0) is 52.2 Å². The maximum atomic E-state index is 12.1. The summed E-state index contributed by atoms with van der Waals surface area (Å²) in [7, 11) is 1.65. The lowest BCUT2D eigenvalue weighted by molar-refractivity contribution is 0.174. The van der Waals surface area contributed by atoms with E-state index in [-0.39, 0.29) is 12.8 Å². The number of fused-ring (bicyclic) bond motifs is 2. The number of methoxy groups -OCH3 is 1. The van der Waals surface area contributed by atoms with Crippen LogP contribution in [0.25, 0.3) is 10.8 Å². The second kappa shape index (κ2) is 7.45. The summed E-state index contributed by atoms with van der Waals surface area (Å²) in [5.41, 5.74) is 1.99. The molecule has 3 aromatic carbocycles. The van der Waals surface area contributed by atoms with Gasteiger partial charge in [-0.3, -0.25) is 0 Å². The number of carbonyl (C=O) groups is 1. The fourth-order valence-corrected chi connectivity index (χ4v) is 2.99. The van der Waals surface area contributed by atoms with Gasteiger partial charge >= 0.3 is 6.03 Å². The smallest absolute Gasteiger partial charge is 0.315 e. The molecular formula is C21H20N2O4. The second-order valence-electron chi connectivity index (χ2n) is 6.27. The summed E-state index contributed by atoms with van der Waals surface area (Å²) in [6.45, 7) is 1.11. The Hall–Kier alpha value is -3.41. The molecule has 3 aromatic rings. The lowest BCUT2D eigenvalue weighted by Crippen LogP contribution is -2.34. The highest BCUT2D eigenvalue weighted by Crippen LogP contribution is 2.32. The molecule has 27 heavy (non-hydrogen) atoms. The van der Waals surface area contributed by atoms with Crippen molar-refractivity contribution >= 4 is 16.8 Å².